The molecule has 0 spiro atoms. The van der Waals surface area contributed by atoms with E-state index < -0.39 is 5.82 Å². The van der Waals surface area contributed by atoms with Gasteiger partial charge in [-0.25, -0.2) is 4.39 Å². The molecule has 0 radical (unpaired) electrons. The van der Waals surface area contributed by atoms with Gasteiger partial charge in [-0.15, -0.1) is 0 Å². The number of nitriles is 1. The molecule has 0 saturated carbocycles. The van der Waals surface area contributed by atoms with Crippen molar-refractivity contribution < 1.29 is 9.18 Å². The van der Waals surface area contributed by atoms with E-state index in [-0.39, 0.29) is 24.7 Å². The Hall–Kier alpha value is -1.61. The molecule has 84 valence electrons. The fourth-order valence-corrected chi connectivity index (χ4v) is 1.37. The lowest BCUT2D eigenvalue weighted by Crippen LogP contribution is -2.30. The van der Waals surface area contributed by atoms with E-state index in [0.29, 0.717) is 4.47 Å². The highest BCUT2D eigenvalue weighted by Crippen LogP contribution is 2.19. The van der Waals surface area contributed by atoms with Gasteiger partial charge < -0.3 is 10.6 Å². The lowest BCUT2D eigenvalue weighted by Gasteiger charge is -2.07. The van der Waals surface area contributed by atoms with Crippen LogP contribution in [-0.2, 0) is 4.79 Å². The van der Waals surface area contributed by atoms with Gasteiger partial charge in [-0.05, 0) is 18.2 Å². The molecule has 6 heteroatoms. The number of nitrogens with one attached hydrogen (secondary N) is 2. The van der Waals surface area contributed by atoms with Gasteiger partial charge in [0.05, 0.1) is 18.3 Å². The third-order valence-electron chi connectivity index (χ3n) is 1.73. The second-order valence-corrected chi connectivity index (χ2v) is 3.83. The number of hydrogen-bond donors (Lipinski definition) is 2. The highest BCUT2D eigenvalue weighted by atomic mass is 79.9. The number of halogens is 2. The van der Waals surface area contributed by atoms with Crippen LogP contribution in [0.15, 0.2) is 22.7 Å². The van der Waals surface area contributed by atoms with Crippen LogP contribution < -0.4 is 10.6 Å². The molecule has 1 aromatic carbocycles. The van der Waals surface area contributed by atoms with Crippen LogP contribution in [0.1, 0.15) is 0 Å². The number of hydrogen-bond acceptors (Lipinski definition) is 3. The number of rotatable bonds is 4. The van der Waals surface area contributed by atoms with Gasteiger partial charge in [0.25, 0.3) is 0 Å². The molecule has 0 unspecified atom stereocenters. The number of carbonyl (C=O) groups is 1. The van der Waals surface area contributed by atoms with Crippen LogP contribution >= 0.6 is 15.9 Å². The Morgan fingerprint density at radius 2 is 2.31 bits per heavy atom. The molecule has 1 aromatic rings. The van der Waals surface area contributed by atoms with Crippen molar-refractivity contribution in [2.45, 2.75) is 0 Å². The number of benzene rings is 1. The predicted molar refractivity (Wildman–Crippen MR) is 61.2 cm³/mol. The van der Waals surface area contributed by atoms with Crippen LogP contribution in [-0.4, -0.2) is 19.0 Å². The summed E-state index contributed by atoms with van der Waals surface area (Å²) >= 11 is 3.19. The molecule has 1 amide bonds. The Morgan fingerprint density at radius 3 is 3.00 bits per heavy atom. The zero-order valence-corrected chi connectivity index (χ0v) is 9.84. The highest BCUT2D eigenvalue weighted by molar-refractivity contribution is 9.10. The molecule has 0 atom stereocenters. The SMILES string of the molecule is N#CCNC(=O)CNc1cc(Br)ccc1F. The topological polar surface area (TPSA) is 64.9 Å². The molecule has 0 fully saturated rings. The fourth-order valence-electron chi connectivity index (χ4n) is 1.01. The maximum Gasteiger partial charge on any atom is 0.240 e. The summed E-state index contributed by atoms with van der Waals surface area (Å²) in [6.07, 6.45) is 0. The quantitative estimate of drug-likeness (QED) is 0.827. The van der Waals surface area contributed by atoms with Crippen molar-refractivity contribution in [2.75, 3.05) is 18.4 Å². The highest BCUT2D eigenvalue weighted by Gasteiger charge is 2.04. The Morgan fingerprint density at radius 1 is 1.56 bits per heavy atom. The molecule has 0 aliphatic carbocycles. The molecule has 0 saturated heterocycles. The molecular formula is C10H9BrFN3O. The first-order valence-corrected chi connectivity index (χ1v) is 5.25. The molecule has 1 rings (SSSR count). The predicted octanol–water partition coefficient (Wildman–Crippen LogP) is 1.64. The van der Waals surface area contributed by atoms with Crippen molar-refractivity contribution in [3.63, 3.8) is 0 Å². The Kier molecular flexibility index (Phi) is 4.73. The average Bonchev–Trinajstić information content (AvgIpc) is 2.27. The van der Waals surface area contributed by atoms with E-state index >= 15 is 0 Å². The summed E-state index contributed by atoms with van der Waals surface area (Å²) < 4.78 is 13.9. The van der Waals surface area contributed by atoms with Gasteiger partial charge in [-0.2, -0.15) is 5.26 Å². The van der Waals surface area contributed by atoms with Crippen molar-refractivity contribution >= 4 is 27.5 Å². The van der Waals surface area contributed by atoms with Crippen molar-refractivity contribution in [1.82, 2.24) is 5.32 Å². The van der Waals surface area contributed by atoms with Crippen LogP contribution in [0.3, 0.4) is 0 Å². The van der Waals surface area contributed by atoms with Crippen LogP contribution in [0.2, 0.25) is 0 Å². The summed E-state index contributed by atoms with van der Waals surface area (Å²) in [5.41, 5.74) is 0.237. The summed E-state index contributed by atoms with van der Waals surface area (Å²) in [4.78, 5) is 11.1. The van der Waals surface area contributed by atoms with E-state index in [0.717, 1.165) is 0 Å². The first-order valence-electron chi connectivity index (χ1n) is 4.46. The van der Waals surface area contributed by atoms with Gasteiger partial charge in [0.15, 0.2) is 0 Å². The minimum Gasteiger partial charge on any atom is -0.374 e. The molecule has 0 aliphatic rings. The number of nitrogens with zero attached hydrogens (tertiary/aromatic N) is 1. The molecule has 0 aromatic heterocycles. The lowest BCUT2D eigenvalue weighted by atomic mass is 10.3. The normalized spacial score (nSPS) is 9.31. The second-order valence-electron chi connectivity index (χ2n) is 2.91. The van der Waals surface area contributed by atoms with Crippen molar-refractivity contribution in [2.24, 2.45) is 0 Å². The van der Waals surface area contributed by atoms with E-state index in [1.807, 2.05) is 0 Å². The molecular weight excluding hydrogens is 277 g/mol. The van der Waals surface area contributed by atoms with Gasteiger partial charge in [-0.3, -0.25) is 4.79 Å². The summed E-state index contributed by atoms with van der Waals surface area (Å²) in [6.45, 7) is -0.128. The number of amides is 1. The Bertz CT molecular complexity index is 431. The summed E-state index contributed by atoms with van der Waals surface area (Å²) in [7, 11) is 0. The van der Waals surface area contributed by atoms with E-state index in [1.54, 1.807) is 12.1 Å². The van der Waals surface area contributed by atoms with E-state index in [1.165, 1.54) is 12.1 Å². The molecule has 2 N–H and O–H groups in total. The first-order chi connectivity index (χ1) is 7.63. The molecule has 0 aliphatic heterocycles. The number of anilines is 1. The maximum absolute atomic E-state index is 13.2. The minimum atomic E-state index is -0.434. The monoisotopic (exact) mass is 285 g/mol. The average molecular weight is 286 g/mol. The lowest BCUT2D eigenvalue weighted by molar-refractivity contribution is -0.119. The Balaban J connectivity index is 2.51. The first kappa shape index (κ1) is 12.5. The zero-order chi connectivity index (χ0) is 12.0. The van der Waals surface area contributed by atoms with Crippen LogP contribution in [0.25, 0.3) is 0 Å². The number of carbonyl (C=O) groups excluding carboxylic acids is 1. The standard InChI is InChI=1S/C10H9BrFN3O/c11-7-1-2-8(12)9(5-7)15-6-10(16)14-4-3-13/h1-2,5,15H,4,6H2,(H,14,16). The third kappa shape index (κ3) is 3.87. The summed E-state index contributed by atoms with van der Waals surface area (Å²) in [6, 6.07) is 6.17. The van der Waals surface area contributed by atoms with E-state index in [9.17, 15) is 9.18 Å². The zero-order valence-electron chi connectivity index (χ0n) is 8.26. The van der Waals surface area contributed by atoms with Crippen LogP contribution in [0.5, 0.6) is 0 Å². The Labute approximate surface area is 101 Å². The van der Waals surface area contributed by atoms with Crippen LogP contribution in [0, 0.1) is 17.1 Å². The van der Waals surface area contributed by atoms with Crippen molar-refractivity contribution in [3.8, 4) is 6.07 Å². The van der Waals surface area contributed by atoms with Crippen molar-refractivity contribution in [3.05, 3.63) is 28.5 Å². The van der Waals surface area contributed by atoms with Gasteiger partial charge >= 0.3 is 0 Å². The molecule has 4 nitrogen and oxygen atoms in total. The van der Waals surface area contributed by atoms with Crippen molar-refractivity contribution in [1.29, 1.82) is 5.26 Å². The molecule has 0 bridgehead atoms. The van der Waals surface area contributed by atoms with Crippen LogP contribution in [0.4, 0.5) is 10.1 Å². The maximum atomic E-state index is 13.2. The minimum absolute atomic E-state index is 0.0541. The largest absolute Gasteiger partial charge is 0.374 e. The van der Waals surface area contributed by atoms with Gasteiger partial charge in [0.1, 0.15) is 12.4 Å². The summed E-state index contributed by atoms with van der Waals surface area (Å²) in [5, 5.41) is 13.2. The van der Waals surface area contributed by atoms with Gasteiger partial charge in [0, 0.05) is 4.47 Å². The van der Waals surface area contributed by atoms with Gasteiger partial charge in [-0.1, -0.05) is 15.9 Å². The van der Waals surface area contributed by atoms with E-state index in [4.69, 9.17) is 5.26 Å². The van der Waals surface area contributed by atoms with E-state index in [2.05, 4.69) is 26.6 Å². The second kappa shape index (κ2) is 6.08. The van der Waals surface area contributed by atoms with Gasteiger partial charge in [0.2, 0.25) is 5.91 Å². The molecule has 16 heavy (non-hydrogen) atoms. The molecule has 0 heterocycles. The third-order valence-corrected chi connectivity index (χ3v) is 2.23. The summed E-state index contributed by atoms with van der Waals surface area (Å²) in [5.74, 6) is -0.794. The fraction of sp³-hybridized carbons (Fsp3) is 0.200. The smallest absolute Gasteiger partial charge is 0.240 e.